The second-order valence-electron chi connectivity index (χ2n) is 9.01. The van der Waals surface area contributed by atoms with E-state index < -0.39 is 0 Å². The van der Waals surface area contributed by atoms with Gasteiger partial charge in [-0.2, -0.15) is 5.10 Å². The van der Waals surface area contributed by atoms with Crippen molar-refractivity contribution in [1.82, 2.24) is 19.7 Å². The summed E-state index contributed by atoms with van der Waals surface area (Å²) < 4.78 is 1.87. The molecule has 0 radical (unpaired) electrons. The van der Waals surface area contributed by atoms with Gasteiger partial charge in [-0.15, -0.1) is 0 Å². The van der Waals surface area contributed by atoms with Crippen LogP contribution in [0.2, 0.25) is 0 Å². The van der Waals surface area contributed by atoms with Gasteiger partial charge in [0.05, 0.1) is 11.2 Å². The van der Waals surface area contributed by atoms with Gasteiger partial charge < -0.3 is 4.90 Å². The van der Waals surface area contributed by atoms with Crippen LogP contribution in [0.3, 0.4) is 0 Å². The van der Waals surface area contributed by atoms with Crippen molar-refractivity contribution in [1.29, 1.82) is 0 Å². The van der Waals surface area contributed by atoms with Gasteiger partial charge in [0.15, 0.2) is 5.69 Å². The van der Waals surface area contributed by atoms with Crippen LogP contribution in [0, 0.1) is 13.8 Å². The molecule has 1 aliphatic rings. The highest BCUT2D eigenvalue weighted by Gasteiger charge is 2.27. The van der Waals surface area contributed by atoms with Gasteiger partial charge in [0, 0.05) is 28.9 Å². The summed E-state index contributed by atoms with van der Waals surface area (Å²) in [4.78, 5) is 21.5. The Hall–Kier alpha value is -2.99. The third-order valence-corrected chi connectivity index (χ3v) is 7.40. The molecule has 3 heterocycles. The zero-order chi connectivity index (χ0) is 22.4. The Labute approximate surface area is 192 Å². The maximum Gasteiger partial charge on any atom is 0.275 e. The van der Waals surface area contributed by atoms with Crippen molar-refractivity contribution in [3.63, 3.8) is 0 Å². The Balaban J connectivity index is 1.68. The molecule has 0 saturated carbocycles. The van der Waals surface area contributed by atoms with Gasteiger partial charge in [-0.1, -0.05) is 60.6 Å². The highest BCUT2D eigenvalue weighted by molar-refractivity contribution is 7.14. The quantitative estimate of drug-likeness (QED) is 0.381. The molecule has 0 N–H and O–H groups in total. The molecule has 0 atom stereocenters. The van der Waals surface area contributed by atoms with Gasteiger partial charge in [0.1, 0.15) is 0 Å². The number of nitrogens with zero attached hydrogens (tertiary/aromatic N) is 4. The van der Waals surface area contributed by atoms with Crippen LogP contribution in [0.4, 0.5) is 0 Å². The molecular formula is C26H28N4OS. The molecule has 4 aromatic rings. The molecule has 164 valence electrons. The van der Waals surface area contributed by atoms with Gasteiger partial charge >= 0.3 is 0 Å². The highest BCUT2D eigenvalue weighted by Crippen LogP contribution is 2.37. The minimum Gasteiger partial charge on any atom is -0.337 e. The Morgan fingerprint density at radius 3 is 2.50 bits per heavy atom. The molecule has 1 aliphatic heterocycles. The van der Waals surface area contributed by atoms with Crippen LogP contribution in [-0.4, -0.2) is 38.7 Å². The van der Waals surface area contributed by atoms with Crippen molar-refractivity contribution in [2.24, 2.45) is 0 Å². The van der Waals surface area contributed by atoms with E-state index >= 15 is 0 Å². The maximum atomic E-state index is 13.3. The van der Waals surface area contributed by atoms with Crippen LogP contribution >= 0.6 is 11.3 Å². The smallest absolute Gasteiger partial charge is 0.275 e. The van der Waals surface area contributed by atoms with Gasteiger partial charge in [-0.25, -0.2) is 9.67 Å². The van der Waals surface area contributed by atoms with Crippen molar-refractivity contribution < 1.29 is 4.79 Å². The van der Waals surface area contributed by atoms with E-state index in [1.54, 1.807) is 11.3 Å². The second-order valence-corrected chi connectivity index (χ2v) is 10.0. The lowest BCUT2D eigenvalue weighted by molar-refractivity contribution is 0.0788. The number of carbonyl (C=O) groups is 1. The summed E-state index contributed by atoms with van der Waals surface area (Å²) in [5, 5.41) is 6.55. The zero-order valence-electron chi connectivity index (χ0n) is 19.1. The maximum absolute atomic E-state index is 13.3. The first-order chi connectivity index (χ1) is 15.4. The number of likely N-dealkylation sites (tertiary alicyclic amines) is 1. The normalized spacial score (nSPS) is 14.1. The molecule has 32 heavy (non-hydrogen) atoms. The lowest BCUT2D eigenvalue weighted by Crippen LogP contribution is -2.28. The number of carbonyl (C=O) groups excluding carboxylic acids is 1. The van der Waals surface area contributed by atoms with Crippen LogP contribution in [-0.2, 0) is 0 Å². The van der Waals surface area contributed by atoms with Crippen molar-refractivity contribution in [3.05, 3.63) is 64.2 Å². The number of amides is 1. The molecule has 5 rings (SSSR count). The number of hydrogen-bond acceptors (Lipinski definition) is 4. The summed E-state index contributed by atoms with van der Waals surface area (Å²) in [6.07, 6.45) is 2.13. The standard InChI is InChI=1S/C26H28N4OS/c1-16(2)24-22(19-9-7-8-17(3)14-19)27-26(32-24)30-21-11-10-18(4)15-20(21)23(28-30)25(31)29-12-5-6-13-29/h7-11,14-16H,5-6,12-13H2,1-4H3. The van der Waals surface area contributed by atoms with Gasteiger partial charge in [0.2, 0.25) is 5.13 Å². The highest BCUT2D eigenvalue weighted by atomic mass is 32.1. The van der Waals surface area contributed by atoms with Gasteiger partial charge in [-0.05, 0) is 50.8 Å². The lowest BCUT2D eigenvalue weighted by Gasteiger charge is -2.13. The minimum absolute atomic E-state index is 0.0244. The first-order valence-electron chi connectivity index (χ1n) is 11.3. The van der Waals surface area contributed by atoms with Crippen LogP contribution < -0.4 is 0 Å². The van der Waals surface area contributed by atoms with Crippen molar-refractivity contribution in [2.45, 2.75) is 46.5 Å². The molecule has 0 bridgehead atoms. The minimum atomic E-state index is 0.0244. The number of fused-ring (bicyclic) bond motifs is 1. The van der Waals surface area contributed by atoms with E-state index in [0.717, 1.165) is 58.8 Å². The Morgan fingerprint density at radius 2 is 1.78 bits per heavy atom. The number of thiazole rings is 1. The second kappa shape index (κ2) is 8.17. The zero-order valence-corrected chi connectivity index (χ0v) is 19.9. The molecule has 1 fully saturated rings. The first-order valence-corrected chi connectivity index (χ1v) is 12.1. The van der Waals surface area contributed by atoms with Crippen molar-refractivity contribution in [2.75, 3.05) is 13.1 Å². The van der Waals surface area contributed by atoms with E-state index in [-0.39, 0.29) is 5.91 Å². The average molecular weight is 445 g/mol. The Bertz CT molecular complexity index is 1310. The summed E-state index contributed by atoms with van der Waals surface area (Å²) in [5.74, 6) is 0.364. The van der Waals surface area contributed by atoms with Gasteiger partial charge in [-0.3, -0.25) is 4.79 Å². The third kappa shape index (κ3) is 3.62. The molecule has 2 aromatic heterocycles. The van der Waals surface area contributed by atoms with Crippen LogP contribution in [0.15, 0.2) is 42.5 Å². The third-order valence-electron chi connectivity index (χ3n) is 6.07. The van der Waals surface area contributed by atoms with E-state index in [1.165, 1.54) is 10.4 Å². The van der Waals surface area contributed by atoms with E-state index in [9.17, 15) is 4.79 Å². The fraction of sp³-hybridized carbons (Fsp3) is 0.346. The monoisotopic (exact) mass is 444 g/mol. The fourth-order valence-electron chi connectivity index (χ4n) is 4.41. The molecule has 5 nitrogen and oxygen atoms in total. The van der Waals surface area contributed by atoms with Crippen molar-refractivity contribution in [3.8, 4) is 16.4 Å². The van der Waals surface area contributed by atoms with Crippen LogP contribution in [0.1, 0.15) is 59.1 Å². The molecule has 1 saturated heterocycles. The van der Waals surface area contributed by atoms with E-state index in [4.69, 9.17) is 10.1 Å². The number of hydrogen-bond donors (Lipinski definition) is 0. The summed E-state index contributed by atoms with van der Waals surface area (Å²) >= 11 is 1.66. The molecular weight excluding hydrogens is 416 g/mol. The summed E-state index contributed by atoms with van der Waals surface area (Å²) in [7, 11) is 0. The Kier molecular flexibility index (Phi) is 5.33. The topological polar surface area (TPSA) is 51.0 Å². The molecule has 0 aliphatic carbocycles. The largest absolute Gasteiger partial charge is 0.337 e. The average Bonchev–Trinajstić information content (AvgIpc) is 3.51. The van der Waals surface area contributed by atoms with Gasteiger partial charge in [0.25, 0.3) is 5.91 Å². The summed E-state index contributed by atoms with van der Waals surface area (Å²) in [6, 6.07) is 14.7. The first kappa shape index (κ1) is 20.9. The lowest BCUT2D eigenvalue weighted by atomic mass is 10.0. The predicted octanol–water partition coefficient (Wildman–Crippen LogP) is 6.13. The van der Waals surface area contributed by atoms with Crippen LogP contribution in [0.5, 0.6) is 0 Å². The van der Waals surface area contributed by atoms with E-state index in [2.05, 4.69) is 70.2 Å². The SMILES string of the molecule is Cc1cccc(-c2nc(-n3nc(C(=O)N4CCCC4)c4cc(C)ccc43)sc2C(C)C)c1. The Morgan fingerprint density at radius 1 is 1.03 bits per heavy atom. The molecule has 6 heteroatoms. The van der Waals surface area contributed by atoms with E-state index in [1.807, 2.05) is 9.58 Å². The molecule has 0 spiro atoms. The van der Waals surface area contributed by atoms with E-state index in [0.29, 0.717) is 11.6 Å². The number of rotatable bonds is 4. The molecule has 1 amide bonds. The number of aryl methyl sites for hydroxylation is 2. The summed E-state index contributed by atoms with van der Waals surface area (Å²) in [5.41, 5.74) is 5.92. The number of aromatic nitrogens is 3. The van der Waals surface area contributed by atoms with Crippen LogP contribution in [0.25, 0.3) is 27.3 Å². The molecule has 0 unspecified atom stereocenters. The summed E-state index contributed by atoms with van der Waals surface area (Å²) in [6.45, 7) is 10.2. The fourth-order valence-corrected chi connectivity index (χ4v) is 5.46. The molecule has 2 aromatic carbocycles. The predicted molar refractivity (Wildman–Crippen MR) is 131 cm³/mol. The van der Waals surface area contributed by atoms with Crippen molar-refractivity contribution >= 4 is 28.1 Å². The number of benzene rings is 2.